The Morgan fingerprint density at radius 2 is 1.70 bits per heavy atom. The van der Waals surface area contributed by atoms with Crippen molar-refractivity contribution in [2.75, 3.05) is 5.32 Å². The summed E-state index contributed by atoms with van der Waals surface area (Å²) < 4.78 is 55.0. The molecule has 4 aromatic heterocycles. The number of halogens is 3. The molecule has 0 atom stereocenters. The first-order valence-electron chi connectivity index (χ1n) is 7.73. The van der Waals surface area contributed by atoms with Gasteiger partial charge in [-0.05, 0) is 36.4 Å². The second-order valence-electron chi connectivity index (χ2n) is 5.41. The lowest BCUT2D eigenvalue weighted by atomic mass is 10.2. The molecule has 138 valence electrons. The third kappa shape index (κ3) is 3.54. The van der Waals surface area contributed by atoms with E-state index >= 15 is 0 Å². The Bertz CT molecular complexity index is 1020. The summed E-state index contributed by atoms with van der Waals surface area (Å²) in [6, 6.07) is 8.70. The number of anilines is 1. The van der Waals surface area contributed by atoms with Crippen molar-refractivity contribution in [2.24, 2.45) is 0 Å². The lowest BCUT2D eigenvalue weighted by molar-refractivity contribution is -0.141. The molecule has 0 radical (unpaired) electrons. The van der Waals surface area contributed by atoms with Crippen LogP contribution in [0.25, 0.3) is 23.1 Å². The molecule has 0 fully saturated rings. The third-order valence-electron chi connectivity index (χ3n) is 3.58. The summed E-state index contributed by atoms with van der Waals surface area (Å²) in [6.07, 6.45) is -1.69. The Balaban J connectivity index is 1.70. The van der Waals surface area contributed by atoms with Crippen molar-refractivity contribution in [3.8, 4) is 23.1 Å². The van der Waals surface area contributed by atoms with E-state index in [0.717, 1.165) is 6.07 Å². The van der Waals surface area contributed by atoms with Crippen LogP contribution in [0, 0.1) is 0 Å². The van der Waals surface area contributed by atoms with Crippen LogP contribution < -0.4 is 5.32 Å². The van der Waals surface area contributed by atoms with Gasteiger partial charge in [0.05, 0.1) is 24.6 Å². The van der Waals surface area contributed by atoms with Crippen LogP contribution in [0.2, 0.25) is 0 Å². The van der Waals surface area contributed by atoms with Crippen molar-refractivity contribution >= 4 is 5.82 Å². The van der Waals surface area contributed by atoms with E-state index in [1.807, 2.05) is 0 Å². The molecule has 4 rings (SSSR count). The maximum Gasteiger partial charge on any atom is 0.433 e. The van der Waals surface area contributed by atoms with Gasteiger partial charge in [0.1, 0.15) is 17.3 Å². The monoisotopic (exact) mass is 376 g/mol. The van der Waals surface area contributed by atoms with Gasteiger partial charge < -0.3 is 18.6 Å². The summed E-state index contributed by atoms with van der Waals surface area (Å²) in [6.45, 7) is 0.132. The Hall–Kier alpha value is -3.56. The lowest BCUT2D eigenvalue weighted by Gasteiger charge is -2.11. The van der Waals surface area contributed by atoms with Crippen molar-refractivity contribution in [3.63, 3.8) is 0 Å². The zero-order chi connectivity index (χ0) is 18.9. The molecule has 0 aliphatic heterocycles. The zero-order valence-electron chi connectivity index (χ0n) is 13.5. The molecule has 0 bridgehead atoms. The van der Waals surface area contributed by atoms with Gasteiger partial charge in [-0.2, -0.15) is 13.2 Å². The van der Waals surface area contributed by atoms with E-state index in [2.05, 4.69) is 20.5 Å². The molecule has 0 saturated carbocycles. The zero-order valence-corrected chi connectivity index (χ0v) is 13.5. The fourth-order valence-corrected chi connectivity index (χ4v) is 2.34. The summed E-state index contributed by atoms with van der Waals surface area (Å²) >= 11 is 0. The van der Waals surface area contributed by atoms with Gasteiger partial charge in [0.2, 0.25) is 0 Å². The minimum atomic E-state index is -4.59. The topological polar surface area (TPSA) is 90.1 Å². The molecule has 0 unspecified atom stereocenters. The number of alkyl halides is 3. The van der Waals surface area contributed by atoms with Gasteiger partial charge in [0.25, 0.3) is 11.8 Å². The first kappa shape index (κ1) is 16.9. The van der Waals surface area contributed by atoms with Crippen molar-refractivity contribution in [1.29, 1.82) is 0 Å². The predicted octanol–water partition coefficient (Wildman–Crippen LogP) is 4.62. The lowest BCUT2D eigenvalue weighted by Crippen LogP contribution is -2.11. The van der Waals surface area contributed by atoms with Crippen molar-refractivity contribution in [3.05, 3.63) is 60.4 Å². The van der Waals surface area contributed by atoms with Crippen LogP contribution in [0.3, 0.4) is 0 Å². The normalized spacial score (nSPS) is 11.7. The second-order valence-corrected chi connectivity index (χ2v) is 5.41. The van der Waals surface area contributed by atoms with Crippen LogP contribution in [0.4, 0.5) is 19.0 Å². The highest BCUT2D eigenvalue weighted by molar-refractivity contribution is 5.69. The van der Waals surface area contributed by atoms with Crippen LogP contribution in [0.5, 0.6) is 0 Å². The Morgan fingerprint density at radius 1 is 0.926 bits per heavy atom. The highest BCUT2D eigenvalue weighted by atomic mass is 19.4. The average Bonchev–Trinajstić information content (AvgIpc) is 3.41. The highest BCUT2D eigenvalue weighted by Crippen LogP contribution is 2.34. The Labute approximate surface area is 149 Å². The van der Waals surface area contributed by atoms with E-state index in [1.165, 1.54) is 18.6 Å². The molecular formula is C17H11F3N4O3. The van der Waals surface area contributed by atoms with E-state index in [9.17, 15) is 13.2 Å². The highest BCUT2D eigenvalue weighted by Gasteiger charge is 2.33. The maximum atomic E-state index is 13.0. The van der Waals surface area contributed by atoms with E-state index in [4.69, 9.17) is 13.3 Å². The van der Waals surface area contributed by atoms with Gasteiger partial charge in [-0.25, -0.2) is 4.98 Å². The number of nitrogens with zero attached hydrogens (tertiary/aromatic N) is 3. The number of hydrogen-bond donors (Lipinski definition) is 1. The molecule has 0 aromatic carbocycles. The van der Waals surface area contributed by atoms with Crippen LogP contribution in [-0.2, 0) is 12.7 Å². The fraction of sp³-hybridized carbons (Fsp3) is 0.118. The van der Waals surface area contributed by atoms with E-state index in [1.54, 1.807) is 24.3 Å². The van der Waals surface area contributed by atoms with E-state index in [0.29, 0.717) is 11.5 Å². The first-order chi connectivity index (χ1) is 13.0. The van der Waals surface area contributed by atoms with Crippen molar-refractivity contribution in [2.45, 2.75) is 12.7 Å². The van der Waals surface area contributed by atoms with Gasteiger partial charge in [-0.3, -0.25) is 0 Å². The van der Waals surface area contributed by atoms with Crippen LogP contribution in [0.15, 0.2) is 62.2 Å². The van der Waals surface area contributed by atoms with Crippen LogP contribution in [-0.4, -0.2) is 15.2 Å². The van der Waals surface area contributed by atoms with Gasteiger partial charge in [-0.1, -0.05) is 0 Å². The summed E-state index contributed by atoms with van der Waals surface area (Å²) in [4.78, 5) is 3.66. The minimum Gasteiger partial charge on any atom is -0.467 e. The average molecular weight is 376 g/mol. The van der Waals surface area contributed by atoms with Gasteiger partial charge in [0, 0.05) is 0 Å². The first-order valence-corrected chi connectivity index (χ1v) is 7.73. The van der Waals surface area contributed by atoms with Crippen LogP contribution >= 0.6 is 0 Å². The van der Waals surface area contributed by atoms with Gasteiger partial charge in [-0.15, -0.1) is 10.2 Å². The quantitative estimate of drug-likeness (QED) is 0.544. The fourth-order valence-electron chi connectivity index (χ4n) is 2.34. The summed E-state index contributed by atoms with van der Waals surface area (Å²) in [5.41, 5.74) is -0.821. The maximum absolute atomic E-state index is 13.0. The SMILES string of the molecule is FC(F)(F)c1ccc(-c2nnc(-c3ccco3)o2)c(NCc2ccco2)n1. The molecule has 0 aliphatic rings. The van der Waals surface area contributed by atoms with Gasteiger partial charge in [0.15, 0.2) is 5.76 Å². The van der Waals surface area contributed by atoms with Crippen molar-refractivity contribution in [1.82, 2.24) is 15.2 Å². The van der Waals surface area contributed by atoms with Crippen LogP contribution in [0.1, 0.15) is 11.5 Å². The number of aromatic nitrogens is 3. The Morgan fingerprint density at radius 3 is 2.41 bits per heavy atom. The number of rotatable bonds is 5. The molecule has 1 N–H and O–H groups in total. The number of hydrogen-bond acceptors (Lipinski definition) is 7. The smallest absolute Gasteiger partial charge is 0.433 e. The molecular weight excluding hydrogens is 365 g/mol. The number of pyridine rings is 1. The largest absolute Gasteiger partial charge is 0.467 e. The molecule has 0 amide bonds. The molecule has 27 heavy (non-hydrogen) atoms. The molecule has 0 spiro atoms. The molecule has 4 heterocycles. The molecule has 4 aromatic rings. The molecule has 0 aliphatic carbocycles. The van der Waals surface area contributed by atoms with Crippen molar-refractivity contribution < 1.29 is 26.4 Å². The third-order valence-corrected chi connectivity index (χ3v) is 3.58. The summed E-state index contributed by atoms with van der Waals surface area (Å²) in [5, 5.41) is 10.5. The minimum absolute atomic E-state index is 0.00423. The molecule has 0 saturated heterocycles. The Kier molecular flexibility index (Phi) is 4.15. The van der Waals surface area contributed by atoms with Gasteiger partial charge >= 0.3 is 6.18 Å². The second kappa shape index (κ2) is 6.63. The molecule has 7 nitrogen and oxygen atoms in total. The summed E-state index contributed by atoms with van der Waals surface area (Å²) in [5.74, 6) is 0.924. The van der Waals surface area contributed by atoms with E-state index in [-0.39, 0.29) is 29.7 Å². The number of nitrogens with one attached hydrogen (secondary N) is 1. The molecule has 10 heteroatoms. The number of furan rings is 2. The predicted molar refractivity (Wildman–Crippen MR) is 86.3 cm³/mol. The van der Waals surface area contributed by atoms with E-state index < -0.39 is 11.9 Å². The summed E-state index contributed by atoms with van der Waals surface area (Å²) in [7, 11) is 0. The standard InChI is InChI=1S/C17H11F3N4O3/c18-17(19,20)13-6-5-11(14(22-13)21-9-10-3-1-7-25-10)15-23-24-16(27-15)12-4-2-8-26-12/h1-8H,9H2,(H,21,22).